The molecular weight excluding hydrogens is 230 g/mol. The number of hydrogen-bond donors (Lipinski definition) is 1. The second-order valence-electron chi connectivity index (χ2n) is 4.53. The molecule has 1 aliphatic carbocycles. The third kappa shape index (κ3) is 2.29. The highest BCUT2D eigenvalue weighted by Gasteiger charge is 2.20. The van der Waals surface area contributed by atoms with E-state index in [0.29, 0.717) is 6.04 Å². The largest absolute Gasteiger partial charge is 0.382 e. The van der Waals surface area contributed by atoms with Crippen LogP contribution in [0.4, 0.5) is 5.69 Å². The second-order valence-corrected chi connectivity index (χ2v) is 4.96. The molecule has 0 saturated carbocycles. The molecule has 1 N–H and O–H groups in total. The molecule has 1 nitrogen and oxygen atoms in total. The Labute approximate surface area is 106 Å². The van der Waals surface area contributed by atoms with Crippen molar-refractivity contribution in [3.63, 3.8) is 0 Å². The molecule has 0 spiro atoms. The van der Waals surface area contributed by atoms with E-state index in [1.54, 1.807) is 0 Å². The number of fused-ring (bicyclic) bond motifs is 1. The second kappa shape index (κ2) is 4.42. The van der Waals surface area contributed by atoms with Crippen molar-refractivity contribution in [3.05, 3.63) is 64.7 Å². The SMILES string of the molecule is Clc1ccc(NC2Cc3ccccc3C2)cc1. The molecule has 2 aromatic carbocycles. The lowest BCUT2D eigenvalue weighted by Crippen LogP contribution is -2.19. The Bertz CT molecular complexity index is 494. The summed E-state index contributed by atoms with van der Waals surface area (Å²) in [6.07, 6.45) is 2.22. The van der Waals surface area contributed by atoms with Crippen LogP contribution < -0.4 is 5.32 Å². The Morgan fingerprint density at radius 1 is 0.882 bits per heavy atom. The molecule has 0 unspecified atom stereocenters. The molecule has 2 heteroatoms. The summed E-state index contributed by atoms with van der Waals surface area (Å²) in [4.78, 5) is 0. The van der Waals surface area contributed by atoms with E-state index in [9.17, 15) is 0 Å². The molecule has 0 saturated heterocycles. The van der Waals surface area contributed by atoms with E-state index in [-0.39, 0.29) is 0 Å². The zero-order chi connectivity index (χ0) is 11.7. The van der Waals surface area contributed by atoms with E-state index < -0.39 is 0 Å². The Balaban J connectivity index is 1.71. The van der Waals surface area contributed by atoms with Gasteiger partial charge in [0.15, 0.2) is 0 Å². The number of nitrogens with one attached hydrogen (secondary N) is 1. The molecule has 17 heavy (non-hydrogen) atoms. The average Bonchev–Trinajstić information content (AvgIpc) is 2.74. The standard InChI is InChI=1S/C15H14ClN/c16-13-5-7-14(8-6-13)17-15-9-11-3-1-2-4-12(11)10-15/h1-8,15,17H,9-10H2. The van der Waals surface area contributed by atoms with Gasteiger partial charge in [-0.1, -0.05) is 35.9 Å². The van der Waals surface area contributed by atoms with Gasteiger partial charge in [0, 0.05) is 16.8 Å². The lowest BCUT2D eigenvalue weighted by Gasteiger charge is -2.13. The smallest absolute Gasteiger partial charge is 0.0407 e. The van der Waals surface area contributed by atoms with Crippen LogP contribution in [0.15, 0.2) is 48.5 Å². The fourth-order valence-corrected chi connectivity index (χ4v) is 2.57. The lowest BCUT2D eigenvalue weighted by atomic mass is 10.1. The molecule has 0 fully saturated rings. The molecule has 0 bridgehead atoms. The van der Waals surface area contributed by atoms with Gasteiger partial charge in [-0.15, -0.1) is 0 Å². The highest BCUT2D eigenvalue weighted by molar-refractivity contribution is 6.30. The predicted molar refractivity (Wildman–Crippen MR) is 72.7 cm³/mol. The van der Waals surface area contributed by atoms with Crippen LogP contribution in [0.25, 0.3) is 0 Å². The molecule has 1 aliphatic rings. The minimum atomic E-state index is 0.508. The summed E-state index contributed by atoms with van der Waals surface area (Å²) >= 11 is 5.87. The van der Waals surface area contributed by atoms with Crippen LogP contribution in [0.1, 0.15) is 11.1 Å². The molecule has 0 aromatic heterocycles. The molecule has 3 rings (SSSR count). The van der Waals surface area contributed by atoms with Crippen molar-refractivity contribution >= 4 is 17.3 Å². The van der Waals surface area contributed by atoms with Crippen molar-refractivity contribution in [1.29, 1.82) is 0 Å². The van der Waals surface area contributed by atoms with Crippen LogP contribution in [0.2, 0.25) is 5.02 Å². The van der Waals surface area contributed by atoms with Crippen molar-refractivity contribution < 1.29 is 0 Å². The maximum absolute atomic E-state index is 5.87. The molecular formula is C15H14ClN. The normalized spacial score (nSPS) is 14.6. The van der Waals surface area contributed by atoms with Gasteiger partial charge in [-0.05, 0) is 48.2 Å². The minimum absolute atomic E-state index is 0.508. The summed E-state index contributed by atoms with van der Waals surface area (Å²) in [5, 5.41) is 4.34. The summed E-state index contributed by atoms with van der Waals surface area (Å²) in [6, 6.07) is 17.1. The topological polar surface area (TPSA) is 12.0 Å². The van der Waals surface area contributed by atoms with E-state index in [1.165, 1.54) is 11.1 Å². The van der Waals surface area contributed by atoms with E-state index in [1.807, 2.05) is 24.3 Å². The van der Waals surface area contributed by atoms with Gasteiger partial charge in [0.25, 0.3) is 0 Å². The van der Waals surface area contributed by atoms with Gasteiger partial charge in [0.2, 0.25) is 0 Å². The molecule has 0 heterocycles. The van der Waals surface area contributed by atoms with Crippen LogP contribution in [-0.4, -0.2) is 6.04 Å². The molecule has 0 radical (unpaired) electrons. The van der Waals surface area contributed by atoms with Gasteiger partial charge in [-0.3, -0.25) is 0 Å². The first kappa shape index (κ1) is 10.7. The number of benzene rings is 2. The summed E-state index contributed by atoms with van der Waals surface area (Å²) in [5.41, 5.74) is 4.09. The third-order valence-electron chi connectivity index (χ3n) is 3.27. The monoisotopic (exact) mass is 243 g/mol. The van der Waals surface area contributed by atoms with Crippen molar-refractivity contribution in [2.75, 3.05) is 5.32 Å². The fraction of sp³-hybridized carbons (Fsp3) is 0.200. The maximum Gasteiger partial charge on any atom is 0.0407 e. The Morgan fingerprint density at radius 3 is 2.06 bits per heavy atom. The van der Waals surface area contributed by atoms with E-state index in [0.717, 1.165) is 23.6 Å². The average molecular weight is 244 g/mol. The van der Waals surface area contributed by atoms with Gasteiger partial charge >= 0.3 is 0 Å². The van der Waals surface area contributed by atoms with Gasteiger partial charge in [0.05, 0.1) is 0 Å². The summed E-state index contributed by atoms with van der Waals surface area (Å²) in [6.45, 7) is 0. The summed E-state index contributed by atoms with van der Waals surface area (Å²) in [7, 11) is 0. The number of rotatable bonds is 2. The van der Waals surface area contributed by atoms with E-state index >= 15 is 0 Å². The maximum atomic E-state index is 5.87. The zero-order valence-electron chi connectivity index (χ0n) is 9.49. The molecule has 86 valence electrons. The minimum Gasteiger partial charge on any atom is -0.382 e. The van der Waals surface area contributed by atoms with Crippen molar-refractivity contribution in [1.82, 2.24) is 0 Å². The molecule has 0 atom stereocenters. The first-order chi connectivity index (χ1) is 8.31. The first-order valence-electron chi connectivity index (χ1n) is 5.90. The zero-order valence-corrected chi connectivity index (χ0v) is 10.2. The fourth-order valence-electron chi connectivity index (χ4n) is 2.44. The molecule has 0 aliphatic heterocycles. The van der Waals surface area contributed by atoms with E-state index in [2.05, 4.69) is 29.6 Å². The quantitative estimate of drug-likeness (QED) is 0.843. The van der Waals surface area contributed by atoms with Crippen molar-refractivity contribution in [2.24, 2.45) is 0 Å². The van der Waals surface area contributed by atoms with Crippen LogP contribution in [0.3, 0.4) is 0 Å². The van der Waals surface area contributed by atoms with Crippen LogP contribution in [0.5, 0.6) is 0 Å². The van der Waals surface area contributed by atoms with Crippen molar-refractivity contribution in [2.45, 2.75) is 18.9 Å². The number of halogens is 1. The Morgan fingerprint density at radius 2 is 1.47 bits per heavy atom. The van der Waals surface area contributed by atoms with Gasteiger partial charge in [0.1, 0.15) is 0 Å². The number of anilines is 1. The Hall–Kier alpha value is -1.47. The first-order valence-corrected chi connectivity index (χ1v) is 6.28. The highest BCUT2D eigenvalue weighted by Crippen LogP contribution is 2.24. The van der Waals surface area contributed by atoms with Crippen LogP contribution in [0, 0.1) is 0 Å². The summed E-state index contributed by atoms with van der Waals surface area (Å²) < 4.78 is 0. The van der Waals surface area contributed by atoms with Crippen LogP contribution >= 0.6 is 11.6 Å². The Kier molecular flexibility index (Phi) is 2.77. The van der Waals surface area contributed by atoms with Gasteiger partial charge < -0.3 is 5.32 Å². The third-order valence-corrected chi connectivity index (χ3v) is 3.52. The number of hydrogen-bond acceptors (Lipinski definition) is 1. The highest BCUT2D eigenvalue weighted by atomic mass is 35.5. The van der Waals surface area contributed by atoms with Gasteiger partial charge in [-0.25, -0.2) is 0 Å². The van der Waals surface area contributed by atoms with Crippen molar-refractivity contribution in [3.8, 4) is 0 Å². The van der Waals surface area contributed by atoms with Gasteiger partial charge in [-0.2, -0.15) is 0 Å². The molecule has 0 amide bonds. The van der Waals surface area contributed by atoms with Crippen LogP contribution in [-0.2, 0) is 12.8 Å². The predicted octanol–water partition coefficient (Wildman–Crippen LogP) is 3.92. The summed E-state index contributed by atoms with van der Waals surface area (Å²) in [5.74, 6) is 0. The lowest BCUT2D eigenvalue weighted by molar-refractivity contribution is 0.774. The molecule has 2 aromatic rings. The van der Waals surface area contributed by atoms with E-state index in [4.69, 9.17) is 11.6 Å².